The maximum Gasteiger partial charge on any atom is 0.341 e. The number of benzene rings is 1. The Hall–Kier alpha value is -2.94. The molecule has 1 aliphatic carbocycles. The predicted molar refractivity (Wildman–Crippen MR) is 107 cm³/mol. The number of fused-ring (bicyclic) bond motifs is 2. The number of methoxy groups -OCH3 is 1. The van der Waals surface area contributed by atoms with Gasteiger partial charge in [0.1, 0.15) is 11.3 Å². The second-order valence-electron chi connectivity index (χ2n) is 8.21. The monoisotopic (exact) mass is 415 g/mol. The topological polar surface area (TPSA) is 101 Å². The first-order valence-corrected chi connectivity index (χ1v) is 10.2. The third-order valence-corrected chi connectivity index (χ3v) is 6.39. The number of nitrogens with zero attached hydrogens (tertiary/aromatic N) is 2. The van der Waals surface area contributed by atoms with E-state index in [1.165, 1.54) is 18.2 Å². The van der Waals surface area contributed by atoms with Gasteiger partial charge in [0.2, 0.25) is 11.3 Å². The fraction of sp³-hybridized carbons (Fsp3) is 0.476. The van der Waals surface area contributed by atoms with Crippen LogP contribution in [0.5, 0.6) is 5.75 Å². The first-order chi connectivity index (χ1) is 14.4. The van der Waals surface area contributed by atoms with Gasteiger partial charge in [0.25, 0.3) is 0 Å². The number of nitrogens with one attached hydrogen (secondary N) is 1. The number of anilines is 1. The molecular weight excluding hydrogens is 393 g/mol. The highest BCUT2D eigenvalue weighted by Crippen LogP contribution is 2.45. The number of aromatic carboxylic acids is 1. The molecule has 3 aliphatic rings. The molecule has 158 valence electrons. The van der Waals surface area contributed by atoms with Gasteiger partial charge in [0.15, 0.2) is 11.6 Å². The molecule has 2 atom stereocenters. The fourth-order valence-corrected chi connectivity index (χ4v) is 4.81. The second-order valence-corrected chi connectivity index (χ2v) is 8.21. The van der Waals surface area contributed by atoms with Gasteiger partial charge in [-0.3, -0.25) is 9.59 Å². The van der Waals surface area contributed by atoms with Gasteiger partial charge in [-0.2, -0.15) is 0 Å². The van der Waals surface area contributed by atoms with Crippen molar-refractivity contribution in [2.45, 2.75) is 37.8 Å². The summed E-state index contributed by atoms with van der Waals surface area (Å²) >= 11 is 0. The predicted octanol–water partition coefficient (Wildman–Crippen LogP) is 1.90. The molecule has 0 radical (unpaired) electrons. The summed E-state index contributed by atoms with van der Waals surface area (Å²) in [6.07, 6.45) is 4.59. The van der Waals surface area contributed by atoms with Crippen molar-refractivity contribution >= 4 is 28.5 Å². The van der Waals surface area contributed by atoms with E-state index in [9.17, 15) is 19.5 Å². The number of ether oxygens (including phenoxy) is 1. The lowest BCUT2D eigenvalue weighted by atomic mass is 9.94. The summed E-state index contributed by atoms with van der Waals surface area (Å²) in [5.74, 6) is -2.40. The minimum atomic E-state index is -1.36. The van der Waals surface area contributed by atoms with Gasteiger partial charge >= 0.3 is 5.97 Å². The van der Waals surface area contributed by atoms with Crippen LogP contribution in [0.4, 0.5) is 10.1 Å². The fourth-order valence-electron chi connectivity index (χ4n) is 4.81. The summed E-state index contributed by atoms with van der Waals surface area (Å²) in [4.78, 5) is 38.8. The molecule has 3 fully saturated rings. The minimum absolute atomic E-state index is 0.0111. The van der Waals surface area contributed by atoms with Crippen molar-refractivity contribution in [3.63, 3.8) is 0 Å². The van der Waals surface area contributed by atoms with Crippen molar-refractivity contribution in [2.75, 3.05) is 25.1 Å². The summed E-state index contributed by atoms with van der Waals surface area (Å²) in [7, 11) is 1.37. The van der Waals surface area contributed by atoms with Crippen LogP contribution in [0.15, 0.2) is 17.1 Å². The van der Waals surface area contributed by atoms with E-state index in [2.05, 4.69) is 5.32 Å². The zero-order valence-corrected chi connectivity index (χ0v) is 16.5. The molecular formula is C21H22FN3O5. The van der Waals surface area contributed by atoms with Gasteiger partial charge in [0, 0.05) is 24.8 Å². The number of carbonyl (C=O) groups is 2. The molecule has 2 aliphatic heterocycles. The molecule has 0 unspecified atom stereocenters. The lowest BCUT2D eigenvalue weighted by Gasteiger charge is -2.23. The standard InChI is InChI=1S/C21H22FN3O5/c1-30-19-16-12(18(26)13(21(28)29)8-24(16)10-4-5-10)7-14(22)17(19)25-9-15-11(20(25)27)3-2-6-23-15/h7-8,10-11,15,23H,2-6,9H2,1H3,(H,28,29)/t11-,15-/m0/s1. The van der Waals surface area contributed by atoms with Gasteiger partial charge in [-0.05, 0) is 38.3 Å². The molecule has 3 heterocycles. The summed E-state index contributed by atoms with van der Waals surface area (Å²) in [6.45, 7) is 1.14. The van der Waals surface area contributed by atoms with Crippen LogP contribution < -0.4 is 20.4 Å². The smallest absolute Gasteiger partial charge is 0.341 e. The Balaban J connectivity index is 1.76. The highest BCUT2D eigenvalue weighted by atomic mass is 19.1. The molecule has 9 heteroatoms. The largest absolute Gasteiger partial charge is 0.492 e. The van der Waals surface area contributed by atoms with E-state index >= 15 is 4.39 Å². The number of aromatic nitrogens is 1. The number of amides is 1. The van der Waals surface area contributed by atoms with Crippen LogP contribution in [0.3, 0.4) is 0 Å². The van der Waals surface area contributed by atoms with Crippen LogP contribution in [-0.2, 0) is 4.79 Å². The molecule has 1 aromatic heterocycles. The zero-order chi connectivity index (χ0) is 21.2. The van der Waals surface area contributed by atoms with Crippen LogP contribution in [0.2, 0.25) is 0 Å². The molecule has 2 saturated heterocycles. The van der Waals surface area contributed by atoms with Crippen molar-refractivity contribution in [1.29, 1.82) is 0 Å². The SMILES string of the molecule is COc1c(N2C[C@@H]3NCCC[C@@H]3C2=O)c(F)cc2c(=O)c(C(=O)O)cn(C3CC3)c12. The van der Waals surface area contributed by atoms with Crippen molar-refractivity contribution in [1.82, 2.24) is 9.88 Å². The number of piperidine rings is 1. The van der Waals surface area contributed by atoms with Gasteiger partial charge < -0.3 is 24.6 Å². The first-order valence-electron chi connectivity index (χ1n) is 10.2. The first kappa shape index (κ1) is 19.0. The number of carboxylic acids is 1. The Kier molecular flexibility index (Phi) is 4.32. The number of rotatable bonds is 4. The molecule has 0 bridgehead atoms. The maximum atomic E-state index is 15.3. The van der Waals surface area contributed by atoms with Crippen molar-refractivity contribution in [3.05, 3.63) is 33.9 Å². The van der Waals surface area contributed by atoms with Crippen LogP contribution in [-0.4, -0.2) is 47.8 Å². The number of carboxylic acid groups (broad SMARTS) is 1. The van der Waals surface area contributed by atoms with Crippen molar-refractivity contribution in [2.24, 2.45) is 5.92 Å². The van der Waals surface area contributed by atoms with Crippen molar-refractivity contribution in [3.8, 4) is 5.75 Å². The molecule has 1 amide bonds. The molecule has 5 rings (SSSR count). The Labute approximate surface area is 171 Å². The molecule has 1 saturated carbocycles. The lowest BCUT2D eigenvalue weighted by molar-refractivity contribution is -0.121. The van der Waals surface area contributed by atoms with Gasteiger partial charge in [-0.25, -0.2) is 9.18 Å². The third-order valence-electron chi connectivity index (χ3n) is 6.39. The minimum Gasteiger partial charge on any atom is -0.492 e. The summed E-state index contributed by atoms with van der Waals surface area (Å²) in [6, 6.07) is 1.01. The number of hydrogen-bond acceptors (Lipinski definition) is 5. The van der Waals surface area contributed by atoms with E-state index < -0.39 is 22.8 Å². The Morgan fingerprint density at radius 1 is 1.30 bits per heavy atom. The zero-order valence-electron chi connectivity index (χ0n) is 16.5. The van der Waals surface area contributed by atoms with Crippen molar-refractivity contribution < 1.29 is 23.8 Å². The Bertz CT molecular complexity index is 1140. The van der Waals surface area contributed by atoms with Crippen LogP contribution in [0.25, 0.3) is 10.9 Å². The van der Waals surface area contributed by atoms with Crippen LogP contribution in [0, 0.1) is 11.7 Å². The number of halogens is 1. The third kappa shape index (κ3) is 2.72. The normalized spacial score (nSPS) is 23.7. The van der Waals surface area contributed by atoms with E-state index in [-0.39, 0.29) is 40.7 Å². The van der Waals surface area contributed by atoms with Gasteiger partial charge in [-0.15, -0.1) is 0 Å². The summed E-state index contributed by atoms with van der Waals surface area (Å²) in [5.41, 5.74) is -0.817. The molecule has 2 N–H and O–H groups in total. The Morgan fingerprint density at radius 2 is 2.07 bits per heavy atom. The highest BCUT2D eigenvalue weighted by Gasteiger charge is 2.44. The highest BCUT2D eigenvalue weighted by molar-refractivity contribution is 6.04. The average Bonchev–Trinajstić information content (AvgIpc) is 3.52. The number of pyridine rings is 1. The lowest BCUT2D eigenvalue weighted by Crippen LogP contribution is -2.41. The summed E-state index contributed by atoms with van der Waals surface area (Å²) < 4.78 is 22.6. The van der Waals surface area contributed by atoms with E-state index in [0.29, 0.717) is 12.1 Å². The molecule has 0 spiro atoms. The van der Waals surface area contributed by atoms with E-state index in [1.54, 1.807) is 4.57 Å². The number of hydrogen-bond donors (Lipinski definition) is 2. The Morgan fingerprint density at radius 3 is 2.70 bits per heavy atom. The van der Waals surface area contributed by atoms with E-state index in [0.717, 1.165) is 38.3 Å². The maximum absolute atomic E-state index is 15.3. The van der Waals surface area contributed by atoms with E-state index in [4.69, 9.17) is 4.74 Å². The number of carbonyl (C=O) groups excluding carboxylic acids is 1. The quantitative estimate of drug-likeness (QED) is 0.791. The van der Waals surface area contributed by atoms with E-state index in [1.807, 2.05) is 0 Å². The van der Waals surface area contributed by atoms with Crippen LogP contribution >= 0.6 is 0 Å². The molecule has 8 nitrogen and oxygen atoms in total. The van der Waals surface area contributed by atoms with Gasteiger partial charge in [-0.1, -0.05) is 0 Å². The van der Waals surface area contributed by atoms with Crippen LogP contribution in [0.1, 0.15) is 42.1 Å². The average molecular weight is 415 g/mol. The molecule has 1 aromatic carbocycles. The molecule has 30 heavy (non-hydrogen) atoms. The van der Waals surface area contributed by atoms with Gasteiger partial charge in [0.05, 0.1) is 23.9 Å². The molecule has 2 aromatic rings. The second kappa shape index (κ2) is 6.80. The summed E-state index contributed by atoms with van der Waals surface area (Å²) in [5, 5.41) is 12.7.